The summed E-state index contributed by atoms with van der Waals surface area (Å²) in [5.74, 6) is 1.37. The average molecular weight is 414 g/mol. The van der Waals surface area contributed by atoms with Crippen LogP contribution in [0.1, 0.15) is 5.56 Å². The van der Waals surface area contributed by atoms with E-state index >= 15 is 0 Å². The lowest BCUT2D eigenvalue weighted by Gasteiger charge is -2.11. The predicted octanol–water partition coefficient (Wildman–Crippen LogP) is 5.94. The van der Waals surface area contributed by atoms with Crippen molar-refractivity contribution in [2.24, 2.45) is 0 Å². The van der Waals surface area contributed by atoms with Crippen molar-refractivity contribution < 1.29 is 9.47 Å². The zero-order valence-corrected chi connectivity index (χ0v) is 17.1. The highest BCUT2D eigenvalue weighted by Crippen LogP contribution is 2.37. The second-order valence-corrected chi connectivity index (χ2v) is 7.78. The van der Waals surface area contributed by atoms with E-state index in [9.17, 15) is 0 Å². The fourth-order valence-corrected chi connectivity index (χ4v) is 4.22. The second kappa shape index (κ2) is 8.00. The van der Waals surface area contributed by atoms with Gasteiger partial charge < -0.3 is 14.5 Å². The topological polar surface area (TPSA) is 60.0 Å². The number of ether oxygens (including phenoxy) is 2. The Labute approximate surface area is 177 Å². The van der Waals surface area contributed by atoms with Crippen LogP contribution in [0.2, 0.25) is 0 Å². The second-order valence-electron chi connectivity index (χ2n) is 6.80. The lowest BCUT2D eigenvalue weighted by molar-refractivity contribution is 0.284. The summed E-state index contributed by atoms with van der Waals surface area (Å²) in [4.78, 5) is 3.29. The standard InChI is InChI=1S/C24H19N3O2S/c1-28-22-13-17(11-12-21(22)29-15-16-7-3-2-4-8-16)23-26-27-24(30-23)19-14-25-20-10-6-5-9-18(19)20/h2-14,25H,15H2,1H3. The smallest absolute Gasteiger partial charge is 0.161 e. The van der Waals surface area contributed by atoms with Crippen molar-refractivity contribution >= 4 is 22.2 Å². The average Bonchev–Trinajstić information content (AvgIpc) is 3.45. The van der Waals surface area contributed by atoms with Crippen molar-refractivity contribution in [3.8, 4) is 32.6 Å². The number of fused-ring (bicyclic) bond motifs is 1. The molecule has 3 aromatic carbocycles. The van der Waals surface area contributed by atoms with Crippen molar-refractivity contribution in [3.63, 3.8) is 0 Å². The van der Waals surface area contributed by atoms with Gasteiger partial charge >= 0.3 is 0 Å². The summed E-state index contributed by atoms with van der Waals surface area (Å²) >= 11 is 1.56. The predicted molar refractivity (Wildman–Crippen MR) is 120 cm³/mol. The molecule has 0 aliphatic rings. The molecular weight excluding hydrogens is 394 g/mol. The number of hydrogen-bond acceptors (Lipinski definition) is 5. The van der Waals surface area contributed by atoms with Crippen LogP contribution in [0.25, 0.3) is 32.0 Å². The Balaban J connectivity index is 1.41. The molecule has 0 bridgehead atoms. The van der Waals surface area contributed by atoms with Gasteiger partial charge in [0.15, 0.2) is 11.5 Å². The van der Waals surface area contributed by atoms with Gasteiger partial charge in [0.2, 0.25) is 0 Å². The molecule has 5 rings (SSSR count). The number of nitrogens with one attached hydrogen (secondary N) is 1. The first-order valence-electron chi connectivity index (χ1n) is 9.57. The van der Waals surface area contributed by atoms with Crippen LogP contribution in [0.5, 0.6) is 11.5 Å². The lowest BCUT2D eigenvalue weighted by atomic mass is 10.2. The summed E-state index contributed by atoms with van der Waals surface area (Å²) in [6.45, 7) is 0.486. The minimum absolute atomic E-state index is 0.486. The van der Waals surface area contributed by atoms with Gasteiger partial charge in [-0.2, -0.15) is 0 Å². The number of H-pyrrole nitrogens is 1. The van der Waals surface area contributed by atoms with E-state index in [1.165, 1.54) is 0 Å². The molecule has 0 aliphatic carbocycles. The van der Waals surface area contributed by atoms with E-state index in [0.29, 0.717) is 18.1 Å². The van der Waals surface area contributed by atoms with Crippen molar-refractivity contribution in [2.75, 3.05) is 7.11 Å². The van der Waals surface area contributed by atoms with Crippen LogP contribution in [0, 0.1) is 0 Å². The molecule has 0 amide bonds. The van der Waals surface area contributed by atoms with E-state index in [2.05, 4.69) is 27.3 Å². The van der Waals surface area contributed by atoms with E-state index in [0.717, 1.165) is 37.6 Å². The molecule has 5 nitrogen and oxygen atoms in total. The van der Waals surface area contributed by atoms with Gasteiger partial charge in [0.25, 0.3) is 0 Å². The molecule has 0 radical (unpaired) electrons. The zero-order valence-electron chi connectivity index (χ0n) is 16.3. The van der Waals surface area contributed by atoms with Gasteiger partial charge in [0.1, 0.15) is 16.6 Å². The number of aromatic amines is 1. The maximum absolute atomic E-state index is 5.96. The van der Waals surface area contributed by atoms with E-state index in [-0.39, 0.29) is 0 Å². The Morgan fingerprint density at radius 1 is 0.867 bits per heavy atom. The molecule has 30 heavy (non-hydrogen) atoms. The molecule has 0 saturated heterocycles. The van der Waals surface area contributed by atoms with Crippen LogP contribution in [0.15, 0.2) is 79.0 Å². The van der Waals surface area contributed by atoms with Crippen molar-refractivity contribution in [3.05, 3.63) is 84.6 Å². The third-order valence-corrected chi connectivity index (χ3v) is 5.90. The van der Waals surface area contributed by atoms with Crippen LogP contribution < -0.4 is 9.47 Å². The molecule has 0 unspecified atom stereocenters. The highest BCUT2D eigenvalue weighted by Gasteiger charge is 2.14. The molecule has 0 aliphatic heterocycles. The van der Waals surface area contributed by atoms with Crippen molar-refractivity contribution in [1.82, 2.24) is 15.2 Å². The molecule has 0 spiro atoms. The van der Waals surface area contributed by atoms with Gasteiger partial charge in [-0.15, -0.1) is 10.2 Å². The summed E-state index contributed by atoms with van der Waals surface area (Å²) in [6, 6.07) is 24.1. The summed E-state index contributed by atoms with van der Waals surface area (Å²) in [7, 11) is 1.64. The highest BCUT2D eigenvalue weighted by molar-refractivity contribution is 7.18. The van der Waals surface area contributed by atoms with Gasteiger partial charge in [-0.05, 0) is 29.8 Å². The number of para-hydroxylation sites is 1. The fraction of sp³-hybridized carbons (Fsp3) is 0.0833. The number of rotatable bonds is 6. The highest BCUT2D eigenvalue weighted by atomic mass is 32.1. The van der Waals surface area contributed by atoms with Crippen LogP contribution >= 0.6 is 11.3 Å². The largest absolute Gasteiger partial charge is 0.493 e. The number of hydrogen-bond donors (Lipinski definition) is 1. The fourth-order valence-electron chi connectivity index (χ4n) is 3.35. The summed E-state index contributed by atoms with van der Waals surface area (Å²) < 4.78 is 11.5. The van der Waals surface area contributed by atoms with Crippen LogP contribution in [0.3, 0.4) is 0 Å². The first-order chi connectivity index (χ1) is 14.8. The Kier molecular flexibility index (Phi) is 4.91. The van der Waals surface area contributed by atoms with E-state index < -0.39 is 0 Å². The molecule has 0 fully saturated rings. The molecule has 0 saturated carbocycles. The number of aromatic nitrogens is 3. The minimum Gasteiger partial charge on any atom is -0.493 e. The normalized spacial score (nSPS) is 11.0. The Hall–Kier alpha value is -3.64. The summed E-state index contributed by atoms with van der Waals surface area (Å²) in [6.07, 6.45) is 1.98. The third kappa shape index (κ3) is 3.53. The SMILES string of the molecule is COc1cc(-c2nnc(-c3c[nH]c4ccccc34)s2)ccc1OCc1ccccc1. The first-order valence-corrected chi connectivity index (χ1v) is 10.4. The maximum Gasteiger partial charge on any atom is 0.161 e. The summed E-state index contributed by atoms with van der Waals surface area (Å²) in [5, 5.41) is 11.7. The quantitative estimate of drug-likeness (QED) is 0.374. The Morgan fingerprint density at radius 3 is 2.53 bits per heavy atom. The van der Waals surface area contributed by atoms with Gasteiger partial charge in [-0.3, -0.25) is 0 Å². The number of benzene rings is 3. The molecule has 6 heteroatoms. The van der Waals surface area contributed by atoms with Crippen LogP contribution in [-0.2, 0) is 6.61 Å². The van der Waals surface area contributed by atoms with Crippen molar-refractivity contribution in [1.29, 1.82) is 0 Å². The Morgan fingerprint density at radius 2 is 1.67 bits per heavy atom. The maximum atomic E-state index is 5.96. The molecule has 2 aromatic heterocycles. The van der Waals surface area contributed by atoms with E-state index in [1.807, 2.05) is 66.9 Å². The number of methoxy groups -OCH3 is 1. The molecule has 2 heterocycles. The van der Waals surface area contributed by atoms with E-state index in [1.54, 1.807) is 18.4 Å². The van der Waals surface area contributed by atoms with Gasteiger partial charge in [0.05, 0.1) is 7.11 Å². The molecule has 1 N–H and O–H groups in total. The van der Waals surface area contributed by atoms with E-state index in [4.69, 9.17) is 9.47 Å². The first kappa shape index (κ1) is 18.4. The third-order valence-electron chi connectivity index (χ3n) is 4.89. The Bertz CT molecular complexity index is 1290. The lowest BCUT2D eigenvalue weighted by Crippen LogP contribution is -1.97. The molecule has 0 atom stereocenters. The van der Waals surface area contributed by atoms with Gasteiger partial charge in [0, 0.05) is 28.2 Å². The zero-order chi connectivity index (χ0) is 20.3. The van der Waals surface area contributed by atoms with Gasteiger partial charge in [-0.25, -0.2) is 0 Å². The molecule has 5 aromatic rings. The van der Waals surface area contributed by atoms with Crippen LogP contribution in [-0.4, -0.2) is 22.3 Å². The van der Waals surface area contributed by atoms with Gasteiger partial charge in [-0.1, -0.05) is 59.9 Å². The minimum atomic E-state index is 0.486. The molecule has 148 valence electrons. The molecular formula is C24H19N3O2S. The summed E-state index contributed by atoms with van der Waals surface area (Å²) in [5.41, 5.74) is 4.20. The monoisotopic (exact) mass is 413 g/mol. The van der Waals surface area contributed by atoms with Crippen molar-refractivity contribution in [2.45, 2.75) is 6.61 Å². The number of nitrogens with zero attached hydrogens (tertiary/aromatic N) is 2. The van der Waals surface area contributed by atoms with Crippen LogP contribution in [0.4, 0.5) is 0 Å².